The Labute approximate surface area is 251 Å². The largest absolute Gasteiger partial charge is 0.381 e. The third-order valence-corrected chi connectivity index (χ3v) is 7.97. The Morgan fingerprint density at radius 3 is 2.75 bits per heavy atom. The summed E-state index contributed by atoms with van der Waals surface area (Å²) in [7, 11) is 1.60. The van der Waals surface area contributed by atoms with E-state index in [4.69, 9.17) is 14.7 Å². The van der Waals surface area contributed by atoms with E-state index in [2.05, 4.69) is 36.0 Å². The molecule has 1 amide bonds. The summed E-state index contributed by atoms with van der Waals surface area (Å²) in [5.41, 5.74) is 2.22. The SMILES string of the molecule is CO[C@H]1C[C@H](c2nc(Nc3cc(C)[nH]n3)c3cnn(CCF)c3n2)CC[C@@H]1C(=O)N[C@@H](C)c1ccc(-n2cc(F)cn2)nc1. The van der Waals surface area contributed by atoms with Crippen molar-refractivity contribution in [2.75, 3.05) is 19.1 Å². The van der Waals surface area contributed by atoms with Gasteiger partial charge in [0, 0.05) is 31.0 Å². The quantitative estimate of drug-likeness (QED) is 0.214. The van der Waals surface area contributed by atoms with Gasteiger partial charge in [-0.3, -0.25) is 9.89 Å². The molecule has 0 aliphatic heterocycles. The van der Waals surface area contributed by atoms with Gasteiger partial charge in [0.25, 0.3) is 0 Å². The van der Waals surface area contributed by atoms with Crippen LogP contribution in [-0.4, -0.2) is 70.5 Å². The van der Waals surface area contributed by atoms with Gasteiger partial charge in [0.05, 0.1) is 48.6 Å². The standard InChI is InChI=1S/C29H33F2N11O2/c1-16-10-24(40-39-16)36-27-22-14-34-41(9-8-30)28(22)38-26(37-27)18-4-6-21(23(11-18)44-3)29(43)35-17(2)19-5-7-25(32-12-19)42-15-20(31)13-33-42/h5,7,10,12-15,17-18,21,23H,4,6,8-9,11H2,1-3H3,(H,35,43)(H2,36,37,38,39,40)/t17-,18+,21-,23-/m0/s1. The Balaban J connectivity index is 1.17. The Morgan fingerprint density at radius 1 is 1.20 bits per heavy atom. The fourth-order valence-corrected chi connectivity index (χ4v) is 5.64. The van der Waals surface area contributed by atoms with Crippen LogP contribution in [0.25, 0.3) is 16.9 Å². The molecule has 5 aromatic heterocycles. The molecule has 5 aromatic rings. The van der Waals surface area contributed by atoms with Crippen LogP contribution in [0.4, 0.5) is 20.4 Å². The van der Waals surface area contributed by atoms with E-state index in [1.165, 1.54) is 15.6 Å². The van der Waals surface area contributed by atoms with Gasteiger partial charge in [-0.05, 0) is 44.7 Å². The predicted octanol–water partition coefficient (Wildman–Crippen LogP) is 4.07. The van der Waals surface area contributed by atoms with E-state index in [-0.39, 0.29) is 36.4 Å². The summed E-state index contributed by atoms with van der Waals surface area (Å²) >= 11 is 0. The van der Waals surface area contributed by atoms with Crippen LogP contribution in [0.3, 0.4) is 0 Å². The van der Waals surface area contributed by atoms with E-state index < -0.39 is 12.5 Å². The van der Waals surface area contributed by atoms with E-state index in [0.717, 1.165) is 17.5 Å². The molecule has 5 heterocycles. The number of pyridine rings is 1. The number of methoxy groups -OCH3 is 1. The molecular weight excluding hydrogens is 572 g/mol. The first kappa shape index (κ1) is 29.3. The lowest BCUT2D eigenvalue weighted by molar-refractivity contribution is -0.132. The van der Waals surface area contributed by atoms with Crippen molar-refractivity contribution in [2.45, 2.75) is 57.7 Å². The zero-order valence-corrected chi connectivity index (χ0v) is 24.5. The molecule has 230 valence electrons. The van der Waals surface area contributed by atoms with Crippen LogP contribution < -0.4 is 10.6 Å². The minimum absolute atomic E-state index is 0.0761. The van der Waals surface area contributed by atoms with Crippen LogP contribution >= 0.6 is 0 Å². The van der Waals surface area contributed by atoms with Gasteiger partial charge in [0.1, 0.15) is 18.3 Å². The molecule has 1 fully saturated rings. The molecular formula is C29H33F2N11O2. The Bertz CT molecular complexity index is 1750. The number of fused-ring (bicyclic) bond motifs is 1. The van der Waals surface area contributed by atoms with Crippen LogP contribution in [0.1, 0.15) is 55.2 Å². The number of hydrogen-bond donors (Lipinski definition) is 3. The third kappa shape index (κ3) is 6.00. The smallest absolute Gasteiger partial charge is 0.226 e. The van der Waals surface area contributed by atoms with E-state index in [1.807, 2.05) is 26.0 Å². The maximum absolute atomic E-state index is 13.4. The summed E-state index contributed by atoms with van der Waals surface area (Å²) in [4.78, 5) is 27.4. The minimum atomic E-state index is -0.577. The first-order valence-corrected chi connectivity index (χ1v) is 14.4. The van der Waals surface area contributed by atoms with E-state index >= 15 is 0 Å². The van der Waals surface area contributed by atoms with Crippen molar-refractivity contribution >= 4 is 28.6 Å². The number of ether oxygens (including phenoxy) is 1. The van der Waals surface area contributed by atoms with Crippen molar-refractivity contribution in [3.05, 3.63) is 65.9 Å². The fourth-order valence-electron chi connectivity index (χ4n) is 5.64. The highest BCUT2D eigenvalue weighted by Gasteiger charge is 2.37. The van der Waals surface area contributed by atoms with Crippen LogP contribution in [-0.2, 0) is 16.1 Å². The summed E-state index contributed by atoms with van der Waals surface area (Å²) in [5.74, 6) is 1.14. The maximum Gasteiger partial charge on any atom is 0.226 e. The van der Waals surface area contributed by atoms with Crippen molar-refractivity contribution in [1.29, 1.82) is 0 Å². The number of nitrogens with zero attached hydrogens (tertiary/aromatic N) is 8. The molecule has 0 bridgehead atoms. The van der Waals surface area contributed by atoms with Crippen LogP contribution in [0.15, 0.2) is 43.0 Å². The molecule has 0 aromatic carbocycles. The molecule has 0 unspecified atom stereocenters. The van der Waals surface area contributed by atoms with Crippen molar-refractivity contribution < 1.29 is 18.3 Å². The first-order chi connectivity index (χ1) is 21.3. The number of aryl methyl sites for hydroxylation is 2. The molecule has 1 aliphatic rings. The van der Waals surface area contributed by atoms with E-state index in [1.54, 1.807) is 25.6 Å². The van der Waals surface area contributed by atoms with Gasteiger partial charge in [0.2, 0.25) is 5.91 Å². The number of amides is 1. The highest BCUT2D eigenvalue weighted by atomic mass is 19.1. The number of nitrogens with one attached hydrogen (secondary N) is 3. The molecule has 3 N–H and O–H groups in total. The lowest BCUT2D eigenvalue weighted by Gasteiger charge is -2.34. The van der Waals surface area contributed by atoms with Crippen molar-refractivity contribution in [2.24, 2.45) is 5.92 Å². The molecule has 1 aliphatic carbocycles. The van der Waals surface area contributed by atoms with Crippen molar-refractivity contribution in [1.82, 2.24) is 50.0 Å². The van der Waals surface area contributed by atoms with Crippen molar-refractivity contribution in [3.8, 4) is 5.82 Å². The van der Waals surface area contributed by atoms with Gasteiger partial charge < -0.3 is 15.4 Å². The van der Waals surface area contributed by atoms with E-state index in [9.17, 15) is 13.6 Å². The lowest BCUT2D eigenvalue weighted by atomic mass is 9.78. The summed E-state index contributed by atoms with van der Waals surface area (Å²) in [5, 5.41) is 22.4. The van der Waals surface area contributed by atoms with Gasteiger partial charge in [-0.25, -0.2) is 33.1 Å². The minimum Gasteiger partial charge on any atom is -0.381 e. The molecule has 13 nitrogen and oxygen atoms in total. The average molecular weight is 606 g/mol. The second kappa shape index (κ2) is 12.4. The number of hydrogen-bond acceptors (Lipinski definition) is 9. The Hall–Kier alpha value is -4.79. The number of carbonyl (C=O) groups excluding carboxylic acids is 1. The van der Waals surface area contributed by atoms with Gasteiger partial charge in [-0.2, -0.15) is 15.3 Å². The zero-order chi connectivity index (χ0) is 30.8. The number of H-pyrrole nitrogens is 1. The number of carbonyl (C=O) groups is 1. The summed E-state index contributed by atoms with van der Waals surface area (Å²) in [6, 6.07) is 5.10. The van der Waals surface area contributed by atoms with Gasteiger partial charge in [-0.15, -0.1) is 0 Å². The lowest BCUT2D eigenvalue weighted by Crippen LogP contribution is -2.42. The monoisotopic (exact) mass is 605 g/mol. The second-order valence-electron chi connectivity index (χ2n) is 11.0. The molecule has 0 radical (unpaired) electrons. The molecule has 1 saturated carbocycles. The molecule has 15 heteroatoms. The normalized spacial score (nSPS) is 19.2. The van der Waals surface area contributed by atoms with Gasteiger partial charge in [-0.1, -0.05) is 6.07 Å². The highest BCUT2D eigenvalue weighted by molar-refractivity contribution is 5.88. The van der Waals surface area contributed by atoms with Crippen LogP contribution in [0.2, 0.25) is 0 Å². The molecule has 4 atom stereocenters. The number of alkyl halides is 1. The number of aromatic amines is 1. The number of halogens is 2. The Kier molecular flexibility index (Phi) is 8.28. The van der Waals surface area contributed by atoms with Crippen LogP contribution in [0, 0.1) is 18.7 Å². The number of aromatic nitrogens is 9. The predicted molar refractivity (Wildman–Crippen MR) is 157 cm³/mol. The number of rotatable bonds is 10. The van der Waals surface area contributed by atoms with E-state index in [0.29, 0.717) is 53.6 Å². The third-order valence-electron chi connectivity index (χ3n) is 7.97. The molecule has 6 rings (SSSR count). The first-order valence-electron chi connectivity index (χ1n) is 14.4. The second-order valence-corrected chi connectivity index (χ2v) is 11.0. The maximum atomic E-state index is 13.4. The summed E-state index contributed by atoms with van der Waals surface area (Å²) in [6.45, 7) is 3.28. The number of anilines is 2. The highest BCUT2D eigenvalue weighted by Crippen LogP contribution is 2.38. The van der Waals surface area contributed by atoms with Gasteiger partial charge in [0.15, 0.2) is 23.1 Å². The zero-order valence-electron chi connectivity index (χ0n) is 24.5. The van der Waals surface area contributed by atoms with Gasteiger partial charge >= 0.3 is 0 Å². The topological polar surface area (TPSA) is 153 Å². The summed E-state index contributed by atoms with van der Waals surface area (Å²) < 4.78 is 35.3. The van der Waals surface area contributed by atoms with Crippen LogP contribution in [0.5, 0.6) is 0 Å². The van der Waals surface area contributed by atoms with Crippen molar-refractivity contribution in [3.63, 3.8) is 0 Å². The fraction of sp³-hybridized carbons (Fsp3) is 0.414. The molecule has 0 saturated heterocycles. The average Bonchev–Trinajstić information content (AvgIpc) is 3.77. The molecule has 0 spiro atoms. The Morgan fingerprint density at radius 2 is 2.07 bits per heavy atom. The summed E-state index contributed by atoms with van der Waals surface area (Å²) in [6.07, 6.45) is 7.01. The molecule has 44 heavy (non-hydrogen) atoms.